The van der Waals surface area contributed by atoms with Crippen LogP contribution in [0.5, 0.6) is 0 Å². The maximum absolute atomic E-state index is 5.23. The molecule has 1 aromatic rings. The SMILES string of the molecule is ClC#Cc1ccc(C#CCl)cc1. The fourth-order valence-electron chi connectivity index (χ4n) is 0.746. The molecule has 0 atom stereocenters. The first kappa shape index (κ1) is 9.01. The molecule has 0 nitrogen and oxygen atoms in total. The Balaban J connectivity index is 2.95. The van der Waals surface area contributed by atoms with E-state index in [-0.39, 0.29) is 0 Å². The van der Waals surface area contributed by atoms with Crippen molar-refractivity contribution >= 4 is 23.2 Å². The topological polar surface area (TPSA) is 0 Å². The first-order chi connectivity index (χ1) is 5.86. The summed E-state index contributed by atoms with van der Waals surface area (Å²) in [6.45, 7) is 0. The van der Waals surface area contributed by atoms with E-state index < -0.39 is 0 Å². The van der Waals surface area contributed by atoms with Gasteiger partial charge in [0.1, 0.15) is 0 Å². The Labute approximate surface area is 81.5 Å². The minimum Gasteiger partial charge on any atom is -0.0496 e. The lowest BCUT2D eigenvalue weighted by Crippen LogP contribution is -1.75. The molecule has 0 amide bonds. The third-order valence-corrected chi connectivity index (χ3v) is 1.46. The van der Waals surface area contributed by atoms with Crippen molar-refractivity contribution in [2.24, 2.45) is 0 Å². The molecule has 1 rings (SSSR count). The maximum atomic E-state index is 5.23. The van der Waals surface area contributed by atoms with Crippen LogP contribution in [-0.4, -0.2) is 0 Å². The van der Waals surface area contributed by atoms with E-state index in [2.05, 4.69) is 22.6 Å². The molecule has 0 heterocycles. The van der Waals surface area contributed by atoms with Gasteiger partial charge < -0.3 is 0 Å². The monoisotopic (exact) mass is 194 g/mol. The lowest BCUT2D eigenvalue weighted by atomic mass is 10.1. The van der Waals surface area contributed by atoms with Crippen LogP contribution in [0, 0.1) is 22.6 Å². The Morgan fingerprint density at radius 3 is 1.33 bits per heavy atom. The van der Waals surface area contributed by atoms with Crippen molar-refractivity contribution in [1.82, 2.24) is 0 Å². The average molecular weight is 195 g/mol. The van der Waals surface area contributed by atoms with E-state index in [0.717, 1.165) is 11.1 Å². The van der Waals surface area contributed by atoms with Gasteiger partial charge in [0.2, 0.25) is 0 Å². The second kappa shape index (κ2) is 4.73. The van der Waals surface area contributed by atoms with E-state index in [0.29, 0.717) is 0 Å². The quantitative estimate of drug-likeness (QED) is 0.558. The van der Waals surface area contributed by atoms with Crippen LogP contribution in [0.25, 0.3) is 0 Å². The Morgan fingerprint density at radius 2 is 1.08 bits per heavy atom. The fraction of sp³-hybridized carbons (Fsp3) is 0. The second-order valence-electron chi connectivity index (χ2n) is 2.02. The molecule has 0 unspecified atom stereocenters. The van der Waals surface area contributed by atoms with Crippen LogP contribution in [0.1, 0.15) is 11.1 Å². The summed E-state index contributed by atoms with van der Waals surface area (Å²) in [5.41, 5.74) is 1.73. The minimum absolute atomic E-state index is 0.866. The van der Waals surface area contributed by atoms with Gasteiger partial charge in [0.15, 0.2) is 0 Å². The zero-order valence-electron chi connectivity index (χ0n) is 6.07. The highest BCUT2D eigenvalue weighted by molar-refractivity contribution is 6.30. The van der Waals surface area contributed by atoms with Gasteiger partial charge >= 0.3 is 0 Å². The fourth-order valence-corrected chi connectivity index (χ4v) is 0.964. The number of hydrogen-bond donors (Lipinski definition) is 0. The lowest BCUT2D eigenvalue weighted by Gasteiger charge is -1.89. The molecular weight excluding hydrogens is 191 g/mol. The number of benzene rings is 1. The average Bonchev–Trinajstić information content (AvgIpc) is 2.09. The first-order valence-corrected chi connectivity index (χ1v) is 3.96. The highest BCUT2D eigenvalue weighted by Crippen LogP contribution is 2.01. The summed E-state index contributed by atoms with van der Waals surface area (Å²) in [5, 5.41) is 4.59. The van der Waals surface area contributed by atoms with Gasteiger partial charge in [0, 0.05) is 21.9 Å². The van der Waals surface area contributed by atoms with Gasteiger partial charge in [-0.2, -0.15) is 0 Å². The molecule has 0 aromatic heterocycles. The van der Waals surface area contributed by atoms with Crippen LogP contribution in [-0.2, 0) is 0 Å². The number of halogens is 2. The lowest BCUT2D eigenvalue weighted by molar-refractivity contribution is 1.60. The Hall–Kier alpha value is -1.08. The van der Waals surface area contributed by atoms with E-state index >= 15 is 0 Å². The Kier molecular flexibility index (Phi) is 3.55. The molecule has 0 saturated heterocycles. The summed E-state index contributed by atoms with van der Waals surface area (Å²) in [6.07, 6.45) is 0. The van der Waals surface area contributed by atoms with Gasteiger partial charge in [0.05, 0.1) is 0 Å². The normalized spacial score (nSPS) is 7.50. The van der Waals surface area contributed by atoms with Gasteiger partial charge in [-0.15, -0.1) is 0 Å². The summed E-state index contributed by atoms with van der Waals surface area (Å²) in [5.74, 6) is 5.42. The standard InChI is InChI=1S/C10H4Cl2/c11-7-5-9-1-2-10(4-3-9)6-8-12/h1-4H. The summed E-state index contributed by atoms with van der Waals surface area (Å²) in [4.78, 5) is 0. The zero-order chi connectivity index (χ0) is 8.81. The van der Waals surface area contributed by atoms with Gasteiger partial charge in [-0.25, -0.2) is 0 Å². The summed E-state index contributed by atoms with van der Waals surface area (Å²) < 4.78 is 0. The van der Waals surface area contributed by atoms with Crippen LogP contribution in [0.2, 0.25) is 0 Å². The Morgan fingerprint density at radius 1 is 0.750 bits per heavy atom. The largest absolute Gasteiger partial charge is 0.0496 e. The van der Waals surface area contributed by atoms with Crippen LogP contribution in [0.15, 0.2) is 24.3 Å². The molecule has 0 aliphatic heterocycles. The van der Waals surface area contributed by atoms with E-state index in [1.165, 1.54) is 0 Å². The molecule has 0 aliphatic carbocycles. The Bertz CT molecular complexity index is 329. The molecule has 12 heavy (non-hydrogen) atoms. The third-order valence-electron chi connectivity index (χ3n) is 1.27. The smallest absolute Gasteiger partial charge is 0.0258 e. The summed E-state index contributed by atoms with van der Waals surface area (Å²) >= 11 is 10.5. The molecular formula is C10H4Cl2. The minimum atomic E-state index is 0.866. The number of rotatable bonds is 0. The van der Waals surface area contributed by atoms with Crippen LogP contribution in [0.4, 0.5) is 0 Å². The predicted molar refractivity (Wildman–Crippen MR) is 51.9 cm³/mol. The van der Waals surface area contributed by atoms with Crippen molar-refractivity contribution in [3.63, 3.8) is 0 Å². The summed E-state index contributed by atoms with van der Waals surface area (Å²) in [6, 6.07) is 7.36. The second-order valence-corrected chi connectivity index (χ2v) is 2.39. The predicted octanol–water partition coefficient (Wildman–Crippen LogP) is 2.78. The molecule has 0 radical (unpaired) electrons. The molecule has 2 heteroatoms. The van der Waals surface area contributed by atoms with Gasteiger partial charge in [-0.05, 0) is 59.3 Å². The van der Waals surface area contributed by atoms with Crippen molar-refractivity contribution in [2.75, 3.05) is 0 Å². The van der Waals surface area contributed by atoms with Crippen LogP contribution in [0.3, 0.4) is 0 Å². The first-order valence-electron chi connectivity index (χ1n) is 3.20. The van der Waals surface area contributed by atoms with Crippen molar-refractivity contribution in [3.05, 3.63) is 35.4 Å². The van der Waals surface area contributed by atoms with Crippen molar-refractivity contribution in [3.8, 4) is 22.6 Å². The third kappa shape index (κ3) is 2.51. The molecule has 0 bridgehead atoms. The van der Waals surface area contributed by atoms with Gasteiger partial charge in [-0.1, -0.05) is 0 Å². The van der Waals surface area contributed by atoms with E-state index in [4.69, 9.17) is 23.2 Å². The number of hydrogen-bond acceptors (Lipinski definition) is 0. The van der Waals surface area contributed by atoms with Crippen molar-refractivity contribution in [2.45, 2.75) is 0 Å². The highest BCUT2D eigenvalue weighted by Gasteiger charge is 1.86. The van der Waals surface area contributed by atoms with Crippen molar-refractivity contribution < 1.29 is 0 Å². The van der Waals surface area contributed by atoms with Gasteiger partial charge in [0.25, 0.3) is 0 Å². The molecule has 1 aromatic carbocycles. The van der Waals surface area contributed by atoms with E-state index in [9.17, 15) is 0 Å². The maximum Gasteiger partial charge on any atom is 0.0258 e. The van der Waals surface area contributed by atoms with E-state index in [1.54, 1.807) is 0 Å². The van der Waals surface area contributed by atoms with Crippen molar-refractivity contribution in [1.29, 1.82) is 0 Å². The zero-order valence-corrected chi connectivity index (χ0v) is 7.58. The highest BCUT2D eigenvalue weighted by atomic mass is 35.5. The molecule has 0 N–H and O–H groups in total. The van der Waals surface area contributed by atoms with Crippen LogP contribution < -0.4 is 0 Å². The molecule has 0 fully saturated rings. The molecule has 0 saturated carbocycles. The van der Waals surface area contributed by atoms with E-state index in [1.807, 2.05) is 24.3 Å². The summed E-state index contributed by atoms with van der Waals surface area (Å²) in [7, 11) is 0. The molecule has 58 valence electrons. The molecule has 0 aliphatic rings. The van der Waals surface area contributed by atoms with Gasteiger partial charge in [-0.3, -0.25) is 0 Å². The van der Waals surface area contributed by atoms with Crippen LogP contribution >= 0.6 is 23.2 Å². The molecule has 0 spiro atoms.